The number of carbonyl (C=O) groups excluding carboxylic acids is 1. The van der Waals surface area contributed by atoms with E-state index in [0.717, 1.165) is 53.2 Å². The number of hydrogen-bond acceptors (Lipinski definition) is 5. The third kappa shape index (κ3) is 7.81. The van der Waals surface area contributed by atoms with Crippen LogP contribution in [0, 0.1) is 18.1 Å². The second-order valence-electron chi connectivity index (χ2n) is 7.76. The Balaban J connectivity index is 1.63. The minimum Gasteiger partial charge on any atom is -0.493 e. The fourth-order valence-corrected chi connectivity index (χ4v) is 4.07. The van der Waals surface area contributed by atoms with Crippen LogP contribution in [0.1, 0.15) is 49.4 Å². The number of hydrogen-bond donors (Lipinski definition) is 0. The number of halogens is 1. The van der Waals surface area contributed by atoms with E-state index in [1.807, 2.05) is 43.5 Å². The molecule has 3 aromatic rings. The molecule has 0 fully saturated rings. The van der Waals surface area contributed by atoms with E-state index in [1.54, 1.807) is 0 Å². The molecule has 2 aromatic carbocycles. The van der Waals surface area contributed by atoms with Gasteiger partial charge in [0.05, 0.1) is 19.8 Å². The van der Waals surface area contributed by atoms with Crippen LogP contribution in [0.15, 0.2) is 54.7 Å². The zero-order valence-corrected chi connectivity index (χ0v) is 22.5. The molecule has 0 aliphatic rings. The fourth-order valence-electron chi connectivity index (χ4n) is 3.58. The van der Waals surface area contributed by atoms with Crippen molar-refractivity contribution in [1.82, 2.24) is 9.55 Å². The lowest BCUT2D eigenvalue weighted by Crippen LogP contribution is -2.07. The molecule has 0 saturated heterocycles. The lowest BCUT2D eigenvalue weighted by Gasteiger charge is -2.15. The van der Waals surface area contributed by atoms with E-state index in [0.29, 0.717) is 26.2 Å². The zero-order valence-electron chi connectivity index (χ0n) is 19.6. The van der Waals surface area contributed by atoms with Gasteiger partial charge in [0.15, 0.2) is 0 Å². The Kier molecular flexibility index (Phi) is 10.8. The number of carbonyl (C=O) groups is 1. The molecule has 0 N–H and O–H groups in total. The molecule has 34 heavy (non-hydrogen) atoms. The molecule has 0 saturated carbocycles. The molecule has 178 valence electrons. The summed E-state index contributed by atoms with van der Waals surface area (Å²) in [6.45, 7) is 5.63. The molecule has 0 radical (unpaired) electrons. The lowest BCUT2D eigenvalue weighted by atomic mass is 10.1. The molecule has 0 aliphatic carbocycles. The Labute approximate surface area is 218 Å². The topological polar surface area (TPSA) is 53.4 Å². The van der Waals surface area contributed by atoms with Crippen LogP contribution in [0.4, 0.5) is 0 Å². The van der Waals surface area contributed by atoms with E-state index < -0.39 is 0 Å². The van der Waals surface area contributed by atoms with Gasteiger partial charge in [-0.1, -0.05) is 36.3 Å². The summed E-state index contributed by atoms with van der Waals surface area (Å²) in [5.74, 6) is 4.81. The standard InChI is InChI=1S/C27H29IN2O3S/c1-3-32-26(31)11-5-4-8-17-33-25-10-7-6-9-24(25)20-30-21(2)19-29-27(30)23-14-12-22(13-15-23)16-18-34-28/h6-7,9-10,12-15,19H,3-5,8,11,17,20H2,1-2H3. The highest BCUT2D eigenvalue weighted by molar-refractivity contribution is 14.2. The predicted molar refractivity (Wildman–Crippen MR) is 147 cm³/mol. The minimum absolute atomic E-state index is 0.123. The first-order chi connectivity index (χ1) is 16.6. The van der Waals surface area contributed by atoms with Crippen LogP contribution in [0.5, 0.6) is 5.75 Å². The van der Waals surface area contributed by atoms with E-state index in [2.05, 4.69) is 67.1 Å². The highest BCUT2D eigenvalue weighted by Crippen LogP contribution is 2.25. The highest BCUT2D eigenvalue weighted by atomic mass is 127. The SMILES string of the molecule is CCOC(=O)CCCCCOc1ccccc1Cn1c(C)cnc1-c1ccc(C#CSI)cc1. The largest absolute Gasteiger partial charge is 0.493 e. The van der Waals surface area contributed by atoms with Crippen molar-refractivity contribution in [3.05, 3.63) is 71.5 Å². The van der Waals surface area contributed by atoms with E-state index in [-0.39, 0.29) is 5.97 Å². The Hall–Kier alpha value is -2.44. The summed E-state index contributed by atoms with van der Waals surface area (Å²) in [6.07, 6.45) is 5.03. The predicted octanol–water partition coefficient (Wildman–Crippen LogP) is 6.80. The van der Waals surface area contributed by atoms with E-state index in [1.165, 1.54) is 8.93 Å². The van der Waals surface area contributed by atoms with Gasteiger partial charge in [0.2, 0.25) is 0 Å². The molecule has 0 amide bonds. The Morgan fingerprint density at radius 3 is 2.68 bits per heavy atom. The minimum atomic E-state index is -0.123. The molecule has 0 spiro atoms. The van der Waals surface area contributed by atoms with Crippen LogP contribution < -0.4 is 4.74 Å². The number of esters is 1. The number of benzene rings is 2. The quantitative estimate of drug-likeness (QED) is 0.107. The Bertz CT molecular complexity index is 1130. The van der Waals surface area contributed by atoms with Crippen molar-refractivity contribution in [2.75, 3.05) is 13.2 Å². The summed E-state index contributed by atoms with van der Waals surface area (Å²) in [5, 5.41) is 3.01. The van der Waals surface area contributed by atoms with E-state index >= 15 is 0 Å². The van der Waals surface area contributed by atoms with Gasteiger partial charge in [0.1, 0.15) is 11.6 Å². The number of aryl methyl sites for hydroxylation is 1. The number of unbranched alkanes of at least 4 members (excludes halogenated alkanes) is 2. The summed E-state index contributed by atoms with van der Waals surface area (Å²) in [6, 6.07) is 16.3. The van der Waals surface area contributed by atoms with Crippen molar-refractivity contribution in [1.29, 1.82) is 0 Å². The van der Waals surface area contributed by atoms with Gasteiger partial charge >= 0.3 is 5.97 Å². The van der Waals surface area contributed by atoms with Crippen molar-refractivity contribution >= 4 is 36.1 Å². The summed E-state index contributed by atoms with van der Waals surface area (Å²) in [5.41, 5.74) is 4.25. The smallest absolute Gasteiger partial charge is 0.305 e. The fraction of sp³-hybridized carbons (Fsp3) is 0.333. The first-order valence-electron chi connectivity index (χ1n) is 11.4. The molecular weight excluding hydrogens is 559 g/mol. The maximum Gasteiger partial charge on any atom is 0.305 e. The molecule has 1 heterocycles. The van der Waals surface area contributed by atoms with Gasteiger partial charge in [-0.3, -0.25) is 4.79 Å². The molecule has 0 atom stereocenters. The first-order valence-corrected chi connectivity index (χ1v) is 14.8. The maximum atomic E-state index is 11.4. The molecule has 0 unspecified atom stereocenters. The summed E-state index contributed by atoms with van der Waals surface area (Å²) in [4.78, 5) is 16.1. The third-order valence-corrected chi connectivity index (χ3v) is 6.16. The highest BCUT2D eigenvalue weighted by Gasteiger charge is 2.12. The molecule has 0 bridgehead atoms. The van der Waals surface area contributed by atoms with Crippen molar-refractivity contribution in [3.8, 4) is 28.3 Å². The molecule has 5 nitrogen and oxygen atoms in total. The molecule has 0 aliphatic heterocycles. The van der Waals surface area contributed by atoms with Crippen LogP contribution in [-0.4, -0.2) is 28.7 Å². The Morgan fingerprint density at radius 1 is 1.12 bits per heavy atom. The molecule has 7 heteroatoms. The average Bonchev–Trinajstić information content (AvgIpc) is 3.21. The normalized spacial score (nSPS) is 10.4. The second-order valence-corrected chi connectivity index (χ2v) is 9.44. The van der Waals surface area contributed by atoms with Crippen LogP contribution in [-0.2, 0) is 16.1 Å². The second kappa shape index (κ2) is 14.1. The average molecular weight is 589 g/mol. The third-order valence-electron chi connectivity index (χ3n) is 5.32. The Morgan fingerprint density at radius 2 is 1.91 bits per heavy atom. The van der Waals surface area contributed by atoms with Gasteiger partial charge in [-0.15, -0.1) is 0 Å². The van der Waals surface area contributed by atoms with Crippen LogP contribution in [0.2, 0.25) is 0 Å². The van der Waals surface area contributed by atoms with Gasteiger partial charge in [-0.05, 0) is 65.5 Å². The van der Waals surface area contributed by atoms with Crippen molar-refractivity contribution in [2.45, 2.75) is 46.1 Å². The maximum absolute atomic E-state index is 11.4. The van der Waals surface area contributed by atoms with E-state index in [4.69, 9.17) is 9.47 Å². The molecule has 1 aromatic heterocycles. The lowest BCUT2D eigenvalue weighted by molar-refractivity contribution is -0.143. The number of para-hydroxylation sites is 1. The zero-order chi connectivity index (χ0) is 24.2. The van der Waals surface area contributed by atoms with E-state index in [9.17, 15) is 4.79 Å². The van der Waals surface area contributed by atoms with Gasteiger partial charge in [-0.25, -0.2) is 4.98 Å². The number of aromatic nitrogens is 2. The number of ether oxygens (including phenoxy) is 2. The molecular formula is C27H29IN2O3S. The summed E-state index contributed by atoms with van der Waals surface area (Å²) in [7, 11) is 1.48. The summed E-state index contributed by atoms with van der Waals surface area (Å²) >= 11 is 2.17. The van der Waals surface area contributed by atoms with Gasteiger partial charge < -0.3 is 14.0 Å². The number of nitrogens with zero attached hydrogens (tertiary/aromatic N) is 2. The van der Waals surface area contributed by atoms with Crippen LogP contribution >= 0.6 is 30.1 Å². The summed E-state index contributed by atoms with van der Waals surface area (Å²) < 4.78 is 13.3. The van der Waals surface area contributed by atoms with Gasteiger partial charge in [0.25, 0.3) is 0 Å². The van der Waals surface area contributed by atoms with Crippen molar-refractivity contribution in [2.24, 2.45) is 0 Å². The van der Waals surface area contributed by atoms with Crippen molar-refractivity contribution < 1.29 is 14.3 Å². The van der Waals surface area contributed by atoms with Crippen LogP contribution in [0.3, 0.4) is 0 Å². The van der Waals surface area contributed by atoms with Crippen molar-refractivity contribution in [3.63, 3.8) is 0 Å². The number of rotatable bonds is 11. The molecule has 3 rings (SSSR count). The first kappa shape index (κ1) is 26.2. The number of imidazole rings is 1. The monoisotopic (exact) mass is 588 g/mol. The van der Waals surface area contributed by atoms with Gasteiger partial charge in [-0.2, -0.15) is 0 Å². The van der Waals surface area contributed by atoms with Crippen LogP contribution in [0.25, 0.3) is 11.4 Å². The van der Waals surface area contributed by atoms with Gasteiger partial charge in [0, 0.05) is 56.2 Å².